The Morgan fingerprint density at radius 2 is 1.85 bits per heavy atom. The Labute approximate surface area is 121 Å². The Bertz CT molecular complexity index is 430. The maximum Gasteiger partial charge on any atom is 0.234 e. The van der Waals surface area contributed by atoms with Crippen LogP contribution in [0.25, 0.3) is 0 Å². The van der Waals surface area contributed by atoms with Gasteiger partial charge in [-0.05, 0) is 30.2 Å². The van der Waals surface area contributed by atoms with E-state index >= 15 is 0 Å². The van der Waals surface area contributed by atoms with Crippen LogP contribution in [0.1, 0.15) is 51.0 Å². The summed E-state index contributed by atoms with van der Waals surface area (Å²) in [6, 6.07) is 10.7. The van der Waals surface area contributed by atoms with E-state index in [1.165, 1.54) is 24.8 Å². The van der Waals surface area contributed by atoms with Crippen LogP contribution >= 0.6 is 0 Å². The highest BCUT2D eigenvalue weighted by Gasteiger charge is 2.30. The third-order valence-corrected chi connectivity index (χ3v) is 4.36. The Balaban J connectivity index is 2.13. The van der Waals surface area contributed by atoms with Crippen LogP contribution in [-0.2, 0) is 4.79 Å². The van der Waals surface area contributed by atoms with Crippen LogP contribution in [0.15, 0.2) is 30.3 Å². The number of amides is 1. The highest BCUT2D eigenvalue weighted by atomic mass is 16.1. The quantitative estimate of drug-likeness (QED) is 0.867. The molecular formula is C17H26N2O. The van der Waals surface area contributed by atoms with Crippen molar-refractivity contribution in [3.63, 3.8) is 0 Å². The Hall–Kier alpha value is -1.35. The zero-order chi connectivity index (χ0) is 14.5. The van der Waals surface area contributed by atoms with Gasteiger partial charge in [0.05, 0.1) is 6.04 Å². The molecule has 0 radical (unpaired) electrons. The van der Waals surface area contributed by atoms with Crippen LogP contribution in [0.3, 0.4) is 0 Å². The van der Waals surface area contributed by atoms with Crippen LogP contribution in [-0.4, -0.2) is 18.0 Å². The minimum Gasteiger partial charge on any atom is -0.368 e. The van der Waals surface area contributed by atoms with Crippen molar-refractivity contribution in [2.75, 3.05) is 0 Å². The molecule has 1 aromatic carbocycles. The molecule has 110 valence electrons. The molecule has 1 aliphatic rings. The van der Waals surface area contributed by atoms with Crippen molar-refractivity contribution in [2.45, 2.75) is 57.5 Å². The molecule has 0 bridgehead atoms. The van der Waals surface area contributed by atoms with Gasteiger partial charge in [-0.2, -0.15) is 0 Å². The first-order chi connectivity index (χ1) is 9.59. The molecule has 0 heterocycles. The standard InChI is InChI=1S/C17H26N2O/c1-12(2)16(17(18)20)19-15-11-7-6-10-14(15)13-8-4-3-5-9-13/h3-5,8-9,12,14-16,19H,6-7,10-11H2,1-2H3,(H2,18,20). The van der Waals surface area contributed by atoms with E-state index in [-0.39, 0.29) is 17.9 Å². The van der Waals surface area contributed by atoms with E-state index in [0.717, 1.165) is 6.42 Å². The average Bonchev–Trinajstić information content (AvgIpc) is 2.45. The fourth-order valence-electron chi connectivity index (χ4n) is 3.26. The largest absolute Gasteiger partial charge is 0.368 e. The molecule has 1 amide bonds. The summed E-state index contributed by atoms with van der Waals surface area (Å²) >= 11 is 0. The molecule has 1 aliphatic carbocycles. The van der Waals surface area contributed by atoms with Gasteiger partial charge in [-0.15, -0.1) is 0 Å². The summed E-state index contributed by atoms with van der Waals surface area (Å²) in [6.45, 7) is 4.09. The lowest BCUT2D eigenvalue weighted by molar-refractivity contribution is -0.121. The van der Waals surface area contributed by atoms with Crippen molar-refractivity contribution in [1.29, 1.82) is 0 Å². The van der Waals surface area contributed by atoms with Crippen LogP contribution in [0.4, 0.5) is 0 Å². The van der Waals surface area contributed by atoms with Crippen molar-refractivity contribution < 1.29 is 4.79 Å². The minimum absolute atomic E-state index is 0.228. The summed E-state index contributed by atoms with van der Waals surface area (Å²) < 4.78 is 0. The summed E-state index contributed by atoms with van der Waals surface area (Å²) in [5.74, 6) is 0.480. The van der Waals surface area contributed by atoms with Gasteiger partial charge in [0.1, 0.15) is 0 Å². The molecule has 3 N–H and O–H groups in total. The molecular weight excluding hydrogens is 248 g/mol. The van der Waals surface area contributed by atoms with E-state index < -0.39 is 0 Å². The second-order valence-corrected chi connectivity index (χ2v) is 6.20. The molecule has 2 rings (SSSR count). The molecule has 3 heteroatoms. The van der Waals surface area contributed by atoms with Crippen molar-refractivity contribution in [3.05, 3.63) is 35.9 Å². The summed E-state index contributed by atoms with van der Waals surface area (Å²) in [5.41, 5.74) is 6.91. The van der Waals surface area contributed by atoms with Crippen molar-refractivity contribution >= 4 is 5.91 Å². The van der Waals surface area contributed by atoms with Gasteiger partial charge in [0.2, 0.25) is 5.91 Å². The van der Waals surface area contributed by atoms with E-state index in [1.807, 2.05) is 13.8 Å². The molecule has 1 aromatic rings. The predicted molar refractivity (Wildman–Crippen MR) is 82.4 cm³/mol. The molecule has 0 aliphatic heterocycles. The first kappa shape index (κ1) is 15.0. The molecule has 3 unspecified atom stereocenters. The smallest absolute Gasteiger partial charge is 0.234 e. The first-order valence-corrected chi connectivity index (χ1v) is 7.70. The van der Waals surface area contributed by atoms with E-state index in [0.29, 0.717) is 12.0 Å². The molecule has 0 saturated heterocycles. The van der Waals surface area contributed by atoms with E-state index in [2.05, 4.69) is 35.6 Å². The molecule has 3 nitrogen and oxygen atoms in total. The monoisotopic (exact) mass is 274 g/mol. The summed E-state index contributed by atoms with van der Waals surface area (Å²) in [6.07, 6.45) is 4.80. The summed E-state index contributed by atoms with van der Waals surface area (Å²) in [4.78, 5) is 11.6. The van der Waals surface area contributed by atoms with Crippen LogP contribution in [0.2, 0.25) is 0 Å². The number of hydrogen-bond donors (Lipinski definition) is 2. The normalized spacial score (nSPS) is 24.6. The summed E-state index contributed by atoms with van der Waals surface area (Å²) in [5, 5.41) is 3.53. The van der Waals surface area contributed by atoms with Crippen molar-refractivity contribution in [1.82, 2.24) is 5.32 Å². The SMILES string of the molecule is CC(C)C(NC1CCCCC1c1ccccc1)C(N)=O. The number of nitrogens with two attached hydrogens (primary N) is 1. The number of nitrogens with one attached hydrogen (secondary N) is 1. The highest BCUT2D eigenvalue weighted by molar-refractivity contribution is 5.80. The maximum atomic E-state index is 11.6. The van der Waals surface area contributed by atoms with Crippen LogP contribution < -0.4 is 11.1 Å². The van der Waals surface area contributed by atoms with Crippen LogP contribution in [0.5, 0.6) is 0 Å². The van der Waals surface area contributed by atoms with E-state index in [4.69, 9.17) is 5.73 Å². The predicted octanol–water partition coefficient (Wildman–Crippen LogP) is 2.81. The zero-order valence-corrected chi connectivity index (χ0v) is 12.5. The number of hydrogen-bond acceptors (Lipinski definition) is 2. The second kappa shape index (κ2) is 6.89. The van der Waals surface area contributed by atoms with Gasteiger partial charge in [-0.3, -0.25) is 4.79 Å². The van der Waals surface area contributed by atoms with Gasteiger partial charge >= 0.3 is 0 Å². The average molecular weight is 274 g/mol. The first-order valence-electron chi connectivity index (χ1n) is 7.70. The van der Waals surface area contributed by atoms with Crippen molar-refractivity contribution in [3.8, 4) is 0 Å². The van der Waals surface area contributed by atoms with Crippen molar-refractivity contribution in [2.24, 2.45) is 11.7 Å². The van der Waals surface area contributed by atoms with Gasteiger partial charge < -0.3 is 11.1 Å². The van der Waals surface area contributed by atoms with Gasteiger partial charge in [-0.25, -0.2) is 0 Å². The Kier molecular flexibility index (Phi) is 5.18. The number of primary amides is 1. The highest BCUT2D eigenvalue weighted by Crippen LogP contribution is 2.33. The molecule has 1 saturated carbocycles. The fourth-order valence-corrected chi connectivity index (χ4v) is 3.26. The minimum atomic E-state index is -0.239. The lowest BCUT2D eigenvalue weighted by Crippen LogP contribution is -2.51. The third-order valence-electron chi connectivity index (χ3n) is 4.36. The van der Waals surface area contributed by atoms with Crippen LogP contribution in [0, 0.1) is 5.92 Å². The number of carbonyl (C=O) groups is 1. The molecule has 0 aromatic heterocycles. The number of rotatable bonds is 5. The van der Waals surface area contributed by atoms with Gasteiger partial charge in [-0.1, -0.05) is 57.0 Å². The second-order valence-electron chi connectivity index (χ2n) is 6.20. The lowest BCUT2D eigenvalue weighted by atomic mass is 9.79. The van der Waals surface area contributed by atoms with Gasteiger partial charge in [0.25, 0.3) is 0 Å². The van der Waals surface area contributed by atoms with E-state index in [1.54, 1.807) is 0 Å². The molecule has 0 spiro atoms. The maximum absolute atomic E-state index is 11.6. The zero-order valence-electron chi connectivity index (χ0n) is 12.5. The third kappa shape index (κ3) is 3.60. The fraction of sp³-hybridized carbons (Fsp3) is 0.588. The Morgan fingerprint density at radius 1 is 1.20 bits per heavy atom. The summed E-state index contributed by atoms with van der Waals surface area (Å²) in [7, 11) is 0. The molecule has 3 atom stereocenters. The van der Waals surface area contributed by atoms with Gasteiger partial charge in [0.15, 0.2) is 0 Å². The van der Waals surface area contributed by atoms with E-state index in [9.17, 15) is 4.79 Å². The topological polar surface area (TPSA) is 55.1 Å². The molecule has 1 fully saturated rings. The molecule has 20 heavy (non-hydrogen) atoms. The number of carbonyl (C=O) groups excluding carboxylic acids is 1. The number of benzene rings is 1. The Morgan fingerprint density at radius 3 is 2.45 bits per heavy atom. The van der Waals surface area contributed by atoms with Gasteiger partial charge in [0, 0.05) is 6.04 Å². The lowest BCUT2D eigenvalue weighted by Gasteiger charge is -2.36.